The Kier molecular flexibility index (Phi) is 4.54. The Hall–Kier alpha value is -2.45. The minimum absolute atomic E-state index is 0.110. The zero-order chi connectivity index (χ0) is 16.2. The first-order valence-corrected chi connectivity index (χ1v) is 7.70. The first-order chi connectivity index (χ1) is 11.2. The summed E-state index contributed by atoms with van der Waals surface area (Å²) < 4.78 is 18.2. The van der Waals surface area contributed by atoms with Gasteiger partial charge in [0.05, 0.1) is 30.1 Å². The highest BCUT2D eigenvalue weighted by molar-refractivity contribution is 7.16. The van der Waals surface area contributed by atoms with Gasteiger partial charge in [-0.15, -0.1) is 0 Å². The molecule has 0 bridgehead atoms. The maximum Gasteiger partial charge on any atom is 0.318 e. The second-order valence-electron chi connectivity index (χ2n) is 4.66. The number of ether oxygens (including phenoxy) is 2. The molecule has 7 nitrogen and oxygen atoms in total. The monoisotopic (exact) mass is 333 g/mol. The second kappa shape index (κ2) is 6.76. The predicted octanol–water partition coefficient (Wildman–Crippen LogP) is 2.09. The number of carbonyl (C=O) groups is 1. The van der Waals surface area contributed by atoms with Crippen molar-refractivity contribution in [1.82, 2.24) is 9.72 Å². The van der Waals surface area contributed by atoms with Crippen LogP contribution in [0.25, 0.3) is 10.2 Å². The van der Waals surface area contributed by atoms with Gasteiger partial charge in [0, 0.05) is 19.7 Å². The lowest BCUT2D eigenvalue weighted by Gasteiger charge is -2.04. The number of nitrogens with zero attached hydrogens (tertiary/aromatic N) is 3. The molecule has 0 radical (unpaired) electrons. The van der Waals surface area contributed by atoms with Crippen LogP contribution in [0.3, 0.4) is 0 Å². The third kappa shape index (κ3) is 3.17. The summed E-state index contributed by atoms with van der Waals surface area (Å²) in [5.74, 6) is 0.399. The summed E-state index contributed by atoms with van der Waals surface area (Å²) in [6.07, 6.45) is 1.41. The summed E-state index contributed by atoms with van der Waals surface area (Å²) in [6.45, 7) is 1.10. The number of hydrogen-bond donors (Lipinski definition) is 0. The van der Waals surface area contributed by atoms with E-state index in [0.29, 0.717) is 18.0 Å². The van der Waals surface area contributed by atoms with Gasteiger partial charge in [-0.3, -0.25) is 4.79 Å². The van der Waals surface area contributed by atoms with E-state index < -0.39 is 5.91 Å². The van der Waals surface area contributed by atoms with E-state index in [4.69, 9.17) is 14.0 Å². The fraction of sp³-hybridized carbons (Fsp3) is 0.267. The SMILES string of the molecule is COCCn1c(=NC(=O)c2ccno2)sc2cc(OC)ccc21. The number of rotatable bonds is 5. The van der Waals surface area contributed by atoms with Crippen LogP contribution in [-0.4, -0.2) is 36.5 Å². The molecule has 1 amide bonds. The van der Waals surface area contributed by atoms with E-state index in [9.17, 15) is 4.79 Å². The molecule has 0 atom stereocenters. The van der Waals surface area contributed by atoms with Crippen LogP contribution in [0.1, 0.15) is 10.6 Å². The highest BCUT2D eigenvalue weighted by Gasteiger charge is 2.12. The van der Waals surface area contributed by atoms with Gasteiger partial charge in [-0.1, -0.05) is 16.5 Å². The van der Waals surface area contributed by atoms with Gasteiger partial charge in [-0.05, 0) is 18.2 Å². The van der Waals surface area contributed by atoms with Gasteiger partial charge in [0.15, 0.2) is 4.80 Å². The van der Waals surface area contributed by atoms with Crippen LogP contribution >= 0.6 is 11.3 Å². The molecule has 0 aliphatic rings. The molecule has 120 valence electrons. The molecule has 0 spiro atoms. The van der Waals surface area contributed by atoms with Crippen molar-refractivity contribution >= 4 is 27.5 Å². The molecular weight excluding hydrogens is 318 g/mol. The van der Waals surface area contributed by atoms with Crippen molar-refractivity contribution in [2.75, 3.05) is 20.8 Å². The molecule has 0 fully saturated rings. The van der Waals surface area contributed by atoms with E-state index in [0.717, 1.165) is 16.0 Å². The van der Waals surface area contributed by atoms with Gasteiger partial charge in [0.1, 0.15) is 5.75 Å². The molecule has 2 aromatic heterocycles. The van der Waals surface area contributed by atoms with Crippen LogP contribution in [0.15, 0.2) is 40.0 Å². The van der Waals surface area contributed by atoms with E-state index in [1.165, 1.54) is 23.6 Å². The normalized spacial score (nSPS) is 12.0. The number of amides is 1. The average molecular weight is 333 g/mol. The third-order valence-corrected chi connectivity index (χ3v) is 4.30. The Bertz CT molecular complexity index is 880. The zero-order valence-corrected chi connectivity index (χ0v) is 13.5. The smallest absolute Gasteiger partial charge is 0.318 e. The van der Waals surface area contributed by atoms with Crippen molar-refractivity contribution in [3.63, 3.8) is 0 Å². The Morgan fingerprint density at radius 1 is 1.39 bits per heavy atom. The van der Waals surface area contributed by atoms with E-state index >= 15 is 0 Å². The maximum absolute atomic E-state index is 12.1. The molecule has 0 aliphatic heterocycles. The molecule has 0 N–H and O–H groups in total. The summed E-state index contributed by atoms with van der Waals surface area (Å²) in [7, 11) is 3.25. The summed E-state index contributed by atoms with van der Waals surface area (Å²) in [6, 6.07) is 7.22. The largest absolute Gasteiger partial charge is 0.497 e. The fourth-order valence-corrected chi connectivity index (χ4v) is 3.22. The number of fused-ring (bicyclic) bond motifs is 1. The Morgan fingerprint density at radius 3 is 2.96 bits per heavy atom. The highest BCUT2D eigenvalue weighted by atomic mass is 32.1. The molecule has 3 rings (SSSR count). The van der Waals surface area contributed by atoms with Gasteiger partial charge >= 0.3 is 5.91 Å². The first-order valence-electron chi connectivity index (χ1n) is 6.89. The minimum Gasteiger partial charge on any atom is -0.497 e. The van der Waals surface area contributed by atoms with Crippen LogP contribution in [-0.2, 0) is 11.3 Å². The molecule has 3 aromatic rings. The van der Waals surface area contributed by atoms with Crippen molar-refractivity contribution in [3.8, 4) is 5.75 Å². The summed E-state index contributed by atoms with van der Waals surface area (Å²) >= 11 is 1.41. The predicted molar refractivity (Wildman–Crippen MR) is 84.6 cm³/mol. The van der Waals surface area contributed by atoms with Gasteiger partial charge in [-0.25, -0.2) is 0 Å². The van der Waals surface area contributed by atoms with Crippen LogP contribution in [0, 0.1) is 0 Å². The van der Waals surface area contributed by atoms with Crippen LogP contribution in [0.4, 0.5) is 0 Å². The van der Waals surface area contributed by atoms with Crippen molar-refractivity contribution in [3.05, 3.63) is 41.0 Å². The van der Waals surface area contributed by atoms with Gasteiger partial charge in [-0.2, -0.15) is 4.99 Å². The highest BCUT2D eigenvalue weighted by Crippen LogP contribution is 2.23. The second-order valence-corrected chi connectivity index (χ2v) is 5.67. The molecular formula is C15H15N3O4S. The van der Waals surface area contributed by atoms with Crippen molar-refractivity contribution in [2.45, 2.75) is 6.54 Å². The lowest BCUT2D eigenvalue weighted by atomic mass is 10.3. The number of carbonyl (C=O) groups excluding carboxylic acids is 1. The van der Waals surface area contributed by atoms with E-state index in [-0.39, 0.29) is 5.76 Å². The quantitative estimate of drug-likeness (QED) is 0.714. The Morgan fingerprint density at radius 2 is 2.26 bits per heavy atom. The molecule has 0 saturated carbocycles. The van der Waals surface area contributed by atoms with E-state index in [2.05, 4.69) is 10.1 Å². The molecule has 23 heavy (non-hydrogen) atoms. The fourth-order valence-electron chi connectivity index (χ4n) is 2.13. The third-order valence-electron chi connectivity index (χ3n) is 3.25. The topological polar surface area (TPSA) is 78.9 Å². The summed E-state index contributed by atoms with van der Waals surface area (Å²) in [4.78, 5) is 16.9. The minimum atomic E-state index is -0.466. The average Bonchev–Trinajstić information content (AvgIpc) is 3.20. The number of thiazole rings is 1. The van der Waals surface area contributed by atoms with Crippen molar-refractivity contribution in [1.29, 1.82) is 0 Å². The Labute approximate surface area is 135 Å². The lowest BCUT2D eigenvalue weighted by Crippen LogP contribution is -2.19. The standard InChI is InChI=1S/C15H15N3O4S/c1-20-8-7-18-11-4-3-10(21-2)9-13(11)23-15(18)17-14(19)12-5-6-16-22-12/h3-6,9H,7-8H2,1-2H3. The first kappa shape index (κ1) is 15.4. The summed E-state index contributed by atoms with van der Waals surface area (Å²) in [5, 5.41) is 3.53. The van der Waals surface area contributed by atoms with Crippen LogP contribution in [0.2, 0.25) is 0 Å². The van der Waals surface area contributed by atoms with Gasteiger partial charge in [0.25, 0.3) is 0 Å². The number of benzene rings is 1. The number of methoxy groups -OCH3 is 2. The molecule has 2 heterocycles. The van der Waals surface area contributed by atoms with Gasteiger partial charge < -0.3 is 18.6 Å². The molecule has 0 aliphatic carbocycles. The van der Waals surface area contributed by atoms with E-state index in [1.807, 2.05) is 22.8 Å². The van der Waals surface area contributed by atoms with Crippen molar-refractivity contribution < 1.29 is 18.8 Å². The molecule has 1 aromatic carbocycles. The molecule has 0 unspecified atom stereocenters. The number of hydrogen-bond acceptors (Lipinski definition) is 6. The van der Waals surface area contributed by atoms with Crippen LogP contribution < -0.4 is 9.54 Å². The molecule has 0 saturated heterocycles. The van der Waals surface area contributed by atoms with Crippen LogP contribution in [0.5, 0.6) is 5.75 Å². The maximum atomic E-state index is 12.1. The van der Waals surface area contributed by atoms with Crippen molar-refractivity contribution in [2.24, 2.45) is 4.99 Å². The molecule has 8 heteroatoms. The number of aromatic nitrogens is 2. The van der Waals surface area contributed by atoms with E-state index in [1.54, 1.807) is 14.2 Å². The Balaban J connectivity index is 2.11. The lowest BCUT2D eigenvalue weighted by molar-refractivity contribution is 0.0962. The zero-order valence-electron chi connectivity index (χ0n) is 12.7. The van der Waals surface area contributed by atoms with Gasteiger partial charge in [0.2, 0.25) is 5.76 Å². The summed E-state index contributed by atoms with van der Waals surface area (Å²) in [5.41, 5.74) is 0.969.